The number of piperidine rings is 1. The van der Waals surface area contributed by atoms with E-state index < -0.39 is 0 Å². The summed E-state index contributed by atoms with van der Waals surface area (Å²) in [4.78, 5) is 22.6. The first-order valence-corrected chi connectivity index (χ1v) is 9.45. The summed E-state index contributed by atoms with van der Waals surface area (Å²) in [6.45, 7) is 1.57. The lowest BCUT2D eigenvalue weighted by Crippen LogP contribution is -2.40. The molecule has 1 atom stereocenters. The number of aromatic nitrogens is 3. The third-order valence-electron chi connectivity index (χ3n) is 5.50. The van der Waals surface area contributed by atoms with Gasteiger partial charge in [0.1, 0.15) is 0 Å². The maximum atomic E-state index is 12.9. The van der Waals surface area contributed by atoms with Crippen molar-refractivity contribution < 1.29 is 9.32 Å². The minimum atomic E-state index is 0.113. The number of hydrogen-bond donors (Lipinski definition) is 1. The average Bonchev–Trinajstić information content (AvgIpc) is 3.23. The Morgan fingerprint density at radius 3 is 3.08 bits per heavy atom. The van der Waals surface area contributed by atoms with Crippen LogP contribution >= 0.6 is 0 Å². The van der Waals surface area contributed by atoms with Crippen molar-refractivity contribution in [2.24, 2.45) is 5.92 Å². The first kappa shape index (κ1) is 15.6. The van der Waals surface area contributed by atoms with Crippen molar-refractivity contribution >= 4 is 16.8 Å². The smallest absolute Gasteiger partial charge is 0.253 e. The third-order valence-corrected chi connectivity index (χ3v) is 5.50. The molecule has 1 saturated carbocycles. The van der Waals surface area contributed by atoms with Gasteiger partial charge < -0.3 is 14.4 Å². The van der Waals surface area contributed by atoms with Crippen LogP contribution in [-0.2, 0) is 6.42 Å². The topological polar surface area (TPSA) is 75.0 Å². The molecule has 1 aromatic carbocycles. The summed E-state index contributed by atoms with van der Waals surface area (Å²) in [5, 5.41) is 5.17. The molecule has 0 spiro atoms. The largest absolute Gasteiger partial charge is 0.361 e. The molecule has 2 aromatic heterocycles. The molecule has 1 saturated heterocycles. The molecule has 3 aromatic rings. The summed E-state index contributed by atoms with van der Waals surface area (Å²) in [5.41, 5.74) is 1.81. The third kappa shape index (κ3) is 3.00. The molecular weight excluding hydrogens is 328 g/mol. The van der Waals surface area contributed by atoms with E-state index >= 15 is 0 Å². The van der Waals surface area contributed by atoms with Crippen LogP contribution in [0.3, 0.4) is 0 Å². The number of rotatable bonds is 4. The van der Waals surface area contributed by atoms with Crippen LogP contribution in [-0.4, -0.2) is 39.0 Å². The van der Waals surface area contributed by atoms with Crippen molar-refractivity contribution in [2.45, 2.75) is 38.0 Å². The Bertz CT molecular complexity index is 940. The first-order valence-electron chi connectivity index (χ1n) is 9.45. The van der Waals surface area contributed by atoms with E-state index in [0.717, 1.165) is 60.5 Å². The number of likely N-dealkylation sites (tertiary alicyclic amines) is 1. The Morgan fingerprint density at radius 1 is 1.27 bits per heavy atom. The standard InChI is InChI=1S/C20H22N4O2/c25-20(16-5-6-17-15(11-16)7-8-21-17)24-9-1-2-13(12-24)10-18-22-19(23-26-18)14-3-4-14/h5-8,11,13-14,21H,1-4,9-10,12H2/t13-/m0/s1. The van der Waals surface area contributed by atoms with Crippen molar-refractivity contribution in [3.63, 3.8) is 0 Å². The van der Waals surface area contributed by atoms with E-state index in [9.17, 15) is 4.79 Å². The van der Waals surface area contributed by atoms with Crippen molar-refractivity contribution in [1.82, 2.24) is 20.0 Å². The fourth-order valence-electron chi connectivity index (χ4n) is 3.89. The molecule has 0 unspecified atom stereocenters. The molecule has 134 valence electrons. The molecular formula is C20H22N4O2. The molecule has 2 aliphatic rings. The number of carbonyl (C=O) groups excluding carboxylic acids is 1. The van der Waals surface area contributed by atoms with Crippen molar-refractivity contribution in [3.8, 4) is 0 Å². The highest BCUT2D eigenvalue weighted by Gasteiger charge is 2.30. The molecule has 2 fully saturated rings. The Labute approximate surface area is 151 Å². The predicted molar refractivity (Wildman–Crippen MR) is 96.9 cm³/mol. The van der Waals surface area contributed by atoms with Crippen molar-refractivity contribution in [3.05, 3.63) is 47.7 Å². The lowest BCUT2D eigenvalue weighted by Gasteiger charge is -2.32. The Kier molecular flexibility index (Phi) is 3.76. The minimum absolute atomic E-state index is 0.113. The zero-order chi connectivity index (χ0) is 17.5. The number of carbonyl (C=O) groups is 1. The van der Waals surface area contributed by atoms with Crippen LogP contribution in [0.4, 0.5) is 0 Å². The van der Waals surface area contributed by atoms with E-state index in [1.165, 1.54) is 12.8 Å². The number of aromatic amines is 1. The van der Waals surface area contributed by atoms with Gasteiger partial charge in [-0.05, 0) is 55.9 Å². The highest BCUT2D eigenvalue weighted by molar-refractivity contribution is 5.98. The monoisotopic (exact) mass is 350 g/mol. The zero-order valence-electron chi connectivity index (χ0n) is 14.6. The summed E-state index contributed by atoms with van der Waals surface area (Å²) >= 11 is 0. The van der Waals surface area contributed by atoms with E-state index in [1.807, 2.05) is 35.4 Å². The van der Waals surface area contributed by atoms with Crippen LogP contribution < -0.4 is 0 Å². The van der Waals surface area contributed by atoms with E-state index in [4.69, 9.17) is 4.52 Å². The van der Waals surface area contributed by atoms with Crippen LogP contribution in [0.25, 0.3) is 10.9 Å². The zero-order valence-corrected chi connectivity index (χ0v) is 14.6. The second-order valence-corrected chi connectivity index (χ2v) is 7.56. The van der Waals surface area contributed by atoms with Crippen LogP contribution in [0.1, 0.15) is 53.7 Å². The molecule has 0 bridgehead atoms. The van der Waals surface area contributed by atoms with Crippen LogP contribution in [0.15, 0.2) is 35.0 Å². The number of fused-ring (bicyclic) bond motifs is 1. The fourth-order valence-corrected chi connectivity index (χ4v) is 3.89. The molecule has 1 aliphatic heterocycles. The molecule has 3 heterocycles. The Balaban J connectivity index is 1.27. The Hall–Kier alpha value is -2.63. The van der Waals surface area contributed by atoms with Crippen molar-refractivity contribution in [1.29, 1.82) is 0 Å². The van der Waals surface area contributed by atoms with Crippen LogP contribution in [0.2, 0.25) is 0 Å². The van der Waals surface area contributed by atoms with Gasteiger partial charge in [0.25, 0.3) is 5.91 Å². The molecule has 1 N–H and O–H groups in total. The lowest BCUT2D eigenvalue weighted by molar-refractivity contribution is 0.0668. The van der Waals surface area contributed by atoms with Gasteiger partial charge in [-0.25, -0.2) is 0 Å². The number of hydrogen-bond acceptors (Lipinski definition) is 4. The highest BCUT2D eigenvalue weighted by Crippen LogP contribution is 2.38. The summed E-state index contributed by atoms with van der Waals surface area (Å²) in [6.07, 6.45) is 7.14. The highest BCUT2D eigenvalue weighted by atomic mass is 16.5. The van der Waals surface area contributed by atoms with E-state index in [-0.39, 0.29) is 5.91 Å². The van der Waals surface area contributed by atoms with E-state index in [0.29, 0.717) is 11.8 Å². The first-order chi connectivity index (χ1) is 12.8. The Morgan fingerprint density at radius 2 is 2.19 bits per heavy atom. The second kappa shape index (κ2) is 6.27. The summed E-state index contributed by atoms with van der Waals surface area (Å²) in [7, 11) is 0. The second-order valence-electron chi connectivity index (χ2n) is 7.56. The van der Waals surface area contributed by atoms with Gasteiger partial charge in [0, 0.05) is 48.1 Å². The normalized spacial score (nSPS) is 20.6. The predicted octanol–water partition coefficient (Wildman–Crippen LogP) is 3.52. The number of nitrogens with one attached hydrogen (secondary N) is 1. The maximum absolute atomic E-state index is 12.9. The molecule has 1 amide bonds. The molecule has 26 heavy (non-hydrogen) atoms. The molecule has 6 nitrogen and oxygen atoms in total. The van der Waals surface area contributed by atoms with Gasteiger partial charge in [-0.1, -0.05) is 5.16 Å². The number of amides is 1. The molecule has 5 rings (SSSR count). The van der Waals surface area contributed by atoms with Gasteiger partial charge >= 0.3 is 0 Å². The van der Waals surface area contributed by atoms with Gasteiger partial charge in [0.15, 0.2) is 5.82 Å². The lowest BCUT2D eigenvalue weighted by atomic mass is 9.94. The molecule has 0 radical (unpaired) electrons. The maximum Gasteiger partial charge on any atom is 0.253 e. The van der Waals surface area contributed by atoms with E-state index in [1.54, 1.807) is 0 Å². The summed E-state index contributed by atoms with van der Waals surface area (Å²) in [5.74, 6) is 2.60. The van der Waals surface area contributed by atoms with Gasteiger partial charge in [0.05, 0.1) is 0 Å². The fraction of sp³-hybridized carbons (Fsp3) is 0.450. The average molecular weight is 350 g/mol. The van der Waals surface area contributed by atoms with Crippen LogP contribution in [0.5, 0.6) is 0 Å². The summed E-state index contributed by atoms with van der Waals surface area (Å²) in [6, 6.07) is 7.85. The minimum Gasteiger partial charge on any atom is -0.361 e. The van der Waals surface area contributed by atoms with Gasteiger partial charge in [-0.15, -0.1) is 0 Å². The van der Waals surface area contributed by atoms with E-state index in [2.05, 4.69) is 15.1 Å². The number of H-pyrrole nitrogens is 1. The van der Waals surface area contributed by atoms with Gasteiger partial charge in [0.2, 0.25) is 5.89 Å². The summed E-state index contributed by atoms with van der Waals surface area (Å²) < 4.78 is 5.42. The quantitative estimate of drug-likeness (QED) is 0.781. The molecule has 6 heteroatoms. The van der Waals surface area contributed by atoms with Gasteiger partial charge in [-0.2, -0.15) is 4.98 Å². The SMILES string of the molecule is O=C(c1ccc2[nH]ccc2c1)N1CCC[C@@H](Cc2nc(C3CC3)no2)C1. The van der Waals surface area contributed by atoms with Crippen molar-refractivity contribution in [2.75, 3.05) is 13.1 Å². The number of benzene rings is 1. The number of nitrogens with zero attached hydrogens (tertiary/aromatic N) is 3. The molecule has 1 aliphatic carbocycles. The van der Waals surface area contributed by atoms with Gasteiger partial charge in [-0.3, -0.25) is 4.79 Å². The van der Waals surface area contributed by atoms with Crippen LogP contribution in [0, 0.1) is 5.92 Å².